The molecule has 0 fully saturated rings. The lowest BCUT2D eigenvalue weighted by atomic mass is 9.87. The van der Waals surface area contributed by atoms with Crippen molar-refractivity contribution in [3.8, 4) is 11.5 Å². The van der Waals surface area contributed by atoms with Crippen LogP contribution in [0.4, 0.5) is 0 Å². The van der Waals surface area contributed by atoms with E-state index in [1.165, 1.54) is 11.3 Å². The molecule has 1 aliphatic rings. The van der Waals surface area contributed by atoms with Gasteiger partial charge in [-0.25, -0.2) is 9.97 Å². The van der Waals surface area contributed by atoms with Crippen molar-refractivity contribution in [2.45, 2.75) is 33.1 Å². The highest BCUT2D eigenvalue weighted by Gasteiger charge is 2.20. The van der Waals surface area contributed by atoms with Crippen molar-refractivity contribution < 1.29 is 0 Å². The second-order valence-corrected chi connectivity index (χ2v) is 5.69. The summed E-state index contributed by atoms with van der Waals surface area (Å²) in [5.74, 6) is 1.32. The first kappa shape index (κ1) is 13.2. The smallest absolute Gasteiger partial charge is 0.178 e. The highest BCUT2D eigenvalue weighted by atomic mass is 14.9. The zero-order valence-corrected chi connectivity index (χ0v) is 12.1. The van der Waals surface area contributed by atoms with E-state index in [4.69, 9.17) is 10.7 Å². The van der Waals surface area contributed by atoms with Crippen molar-refractivity contribution >= 4 is 0 Å². The van der Waals surface area contributed by atoms with E-state index >= 15 is 0 Å². The van der Waals surface area contributed by atoms with Crippen LogP contribution in [-0.2, 0) is 12.8 Å². The molecule has 1 aliphatic carbocycles. The van der Waals surface area contributed by atoms with Gasteiger partial charge < -0.3 is 5.73 Å². The standard InChI is InChI=1S/C16H20N4/c1-10-5-11(2)15(18-8-10)16-19-9-13-6-12(7-17)3-4-14(13)20-16/h5,8-9,12H,3-4,6-7,17H2,1-2H3. The minimum atomic E-state index is 0.580. The Balaban J connectivity index is 1.97. The fourth-order valence-electron chi connectivity index (χ4n) is 2.85. The van der Waals surface area contributed by atoms with Crippen LogP contribution in [0.25, 0.3) is 11.5 Å². The van der Waals surface area contributed by atoms with Crippen LogP contribution < -0.4 is 5.73 Å². The molecule has 0 spiro atoms. The lowest BCUT2D eigenvalue weighted by Crippen LogP contribution is -2.23. The summed E-state index contributed by atoms with van der Waals surface area (Å²) in [7, 11) is 0. The number of fused-ring (bicyclic) bond motifs is 1. The molecule has 2 N–H and O–H groups in total. The van der Waals surface area contributed by atoms with Crippen LogP contribution in [0, 0.1) is 19.8 Å². The van der Waals surface area contributed by atoms with Gasteiger partial charge in [-0.3, -0.25) is 4.98 Å². The molecule has 1 unspecified atom stereocenters. The van der Waals surface area contributed by atoms with Crippen molar-refractivity contribution in [2.75, 3.05) is 6.54 Å². The van der Waals surface area contributed by atoms with Gasteiger partial charge in [-0.15, -0.1) is 0 Å². The first-order valence-electron chi connectivity index (χ1n) is 7.16. The summed E-state index contributed by atoms with van der Waals surface area (Å²) in [5.41, 5.74) is 11.4. The number of hydrogen-bond acceptors (Lipinski definition) is 4. The Morgan fingerprint density at radius 3 is 2.85 bits per heavy atom. The van der Waals surface area contributed by atoms with Crippen LogP contribution in [0.5, 0.6) is 0 Å². The average molecular weight is 268 g/mol. The van der Waals surface area contributed by atoms with Crippen molar-refractivity contribution in [3.63, 3.8) is 0 Å². The summed E-state index contributed by atoms with van der Waals surface area (Å²) >= 11 is 0. The average Bonchev–Trinajstić information content (AvgIpc) is 2.46. The van der Waals surface area contributed by atoms with Gasteiger partial charge in [0.05, 0.1) is 0 Å². The predicted octanol–water partition coefficient (Wildman–Crippen LogP) is 2.22. The van der Waals surface area contributed by atoms with E-state index in [1.54, 1.807) is 0 Å². The van der Waals surface area contributed by atoms with Crippen molar-refractivity contribution in [3.05, 3.63) is 40.8 Å². The van der Waals surface area contributed by atoms with Crippen molar-refractivity contribution in [2.24, 2.45) is 11.7 Å². The maximum Gasteiger partial charge on any atom is 0.178 e. The Labute approximate surface area is 119 Å². The van der Waals surface area contributed by atoms with Gasteiger partial charge >= 0.3 is 0 Å². The molecule has 20 heavy (non-hydrogen) atoms. The number of pyridine rings is 1. The zero-order chi connectivity index (χ0) is 14.1. The maximum absolute atomic E-state index is 5.76. The number of hydrogen-bond donors (Lipinski definition) is 1. The number of aryl methyl sites for hydroxylation is 3. The highest BCUT2D eigenvalue weighted by molar-refractivity contribution is 5.55. The van der Waals surface area contributed by atoms with E-state index in [9.17, 15) is 0 Å². The molecule has 0 radical (unpaired) electrons. The first-order chi connectivity index (χ1) is 9.67. The molecular formula is C16H20N4. The van der Waals surface area contributed by atoms with Crippen LogP contribution in [0.1, 0.15) is 28.8 Å². The van der Waals surface area contributed by atoms with Gasteiger partial charge in [0.15, 0.2) is 5.82 Å². The van der Waals surface area contributed by atoms with Gasteiger partial charge in [-0.1, -0.05) is 6.07 Å². The third kappa shape index (κ3) is 2.43. The molecule has 4 nitrogen and oxygen atoms in total. The number of nitrogens with two attached hydrogens (primary N) is 1. The van der Waals surface area contributed by atoms with Crippen LogP contribution in [0.3, 0.4) is 0 Å². The summed E-state index contributed by atoms with van der Waals surface area (Å²) in [6.45, 7) is 4.85. The summed E-state index contributed by atoms with van der Waals surface area (Å²) in [5, 5.41) is 0. The fourth-order valence-corrected chi connectivity index (χ4v) is 2.85. The zero-order valence-electron chi connectivity index (χ0n) is 12.1. The van der Waals surface area contributed by atoms with E-state index in [0.29, 0.717) is 5.92 Å². The Hall–Kier alpha value is -1.81. The third-order valence-electron chi connectivity index (χ3n) is 4.01. The molecule has 0 saturated heterocycles. The molecule has 0 amide bonds. The molecule has 2 heterocycles. The monoisotopic (exact) mass is 268 g/mol. The van der Waals surface area contributed by atoms with E-state index in [0.717, 1.165) is 48.5 Å². The Morgan fingerprint density at radius 1 is 1.25 bits per heavy atom. The second kappa shape index (κ2) is 5.29. The quantitative estimate of drug-likeness (QED) is 0.907. The molecule has 4 heteroatoms. The SMILES string of the molecule is Cc1cnc(-c2ncc3c(n2)CCC(CN)C3)c(C)c1. The van der Waals surface area contributed by atoms with E-state index in [2.05, 4.69) is 23.0 Å². The normalized spacial score (nSPS) is 17.9. The van der Waals surface area contributed by atoms with E-state index < -0.39 is 0 Å². The van der Waals surface area contributed by atoms with Gasteiger partial charge in [0.1, 0.15) is 5.69 Å². The maximum atomic E-state index is 5.76. The minimum absolute atomic E-state index is 0.580. The summed E-state index contributed by atoms with van der Waals surface area (Å²) in [6.07, 6.45) is 6.96. The molecule has 0 saturated carbocycles. The van der Waals surface area contributed by atoms with E-state index in [-0.39, 0.29) is 0 Å². The molecule has 0 aromatic carbocycles. The van der Waals surface area contributed by atoms with Gasteiger partial charge in [-0.05, 0) is 62.3 Å². The van der Waals surface area contributed by atoms with Gasteiger partial charge in [0.25, 0.3) is 0 Å². The van der Waals surface area contributed by atoms with Crippen LogP contribution >= 0.6 is 0 Å². The van der Waals surface area contributed by atoms with Gasteiger partial charge in [-0.2, -0.15) is 0 Å². The topological polar surface area (TPSA) is 64.7 Å². The lowest BCUT2D eigenvalue weighted by Gasteiger charge is -2.22. The molecule has 0 aliphatic heterocycles. The van der Waals surface area contributed by atoms with Crippen molar-refractivity contribution in [1.29, 1.82) is 0 Å². The lowest BCUT2D eigenvalue weighted by molar-refractivity contribution is 0.462. The second-order valence-electron chi connectivity index (χ2n) is 5.69. The van der Waals surface area contributed by atoms with Gasteiger partial charge in [0, 0.05) is 18.1 Å². The van der Waals surface area contributed by atoms with Crippen LogP contribution in [-0.4, -0.2) is 21.5 Å². The molecule has 3 rings (SSSR count). The fraction of sp³-hybridized carbons (Fsp3) is 0.438. The predicted molar refractivity (Wildman–Crippen MR) is 79.3 cm³/mol. The number of rotatable bonds is 2. The Bertz CT molecular complexity index is 636. The Morgan fingerprint density at radius 2 is 2.10 bits per heavy atom. The molecule has 104 valence electrons. The summed E-state index contributed by atoms with van der Waals surface area (Å²) in [4.78, 5) is 13.7. The molecule has 1 atom stereocenters. The first-order valence-corrected chi connectivity index (χ1v) is 7.16. The van der Waals surface area contributed by atoms with Crippen LogP contribution in [0.15, 0.2) is 18.5 Å². The van der Waals surface area contributed by atoms with E-state index in [1.807, 2.05) is 19.3 Å². The van der Waals surface area contributed by atoms with Gasteiger partial charge in [0.2, 0.25) is 0 Å². The molecule has 2 aromatic heterocycles. The third-order valence-corrected chi connectivity index (χ3v) is 4.01. The highest BCUT2D eigenvalue weighted by Crippen LogP contribution is 2.25. The van der Waals surface area contributed by atoms with Crippen LogP contribution in [0.2, 0.25) is 0 Å². The molecule has 2 aromatic rings. The summed E-state index contributed by atoms with van der Waals surface area (Å²) in [6, 6.07) is 2.12. The molecule has 0 bridgehead atoms. The summed E-state index contributed by atoms with van der Waals surface area (Å²) < 4.78 is 0. The Kier molecular flexibility index (Phi) is 3.49. The largest absolute Gasteiger partial charge is 0.330 e. The minimum Gasteiger partial charge on any atom is -0.330 e. The number of aromatic nitrogens is 3. The number of nitrogens with zero attached hydrogens (tertiary/aromatic N) is 3. The van der Waals surface area contributed by atoms with Crippen molar-refractivity contribution in [1.82, 2.24) is 15.0 Å². The molecular weight excluding hydrogens is 248 g/mol.